The van der Waals surface area contributed by atoms with Crippen LogP contribution in [0.25, 0.3) is 0 Å². The predicted octanol–water partition coefficient (Wildman–Crippen LogP) is 1.67. The van der Waals surface area contributed by atoms with E-state index >= 15 is 0 Å². The molecule has 0 aromatic heterocycles. The summed E-state index contributed by atoms with van der Waals surface area (Å²) >= 11 is 0. The molecule has 0 bridgehead atoms. The summed E-state index contributed by atoms with van der Waals surface area (Å²) < 4.78 is 26.6. The van der Waals surface area contributed by atoms with Gasteiger partial charge in [0.2, 0.25) is 10.0 Å². The number of nitro groups is 1. The number of nitrogens with one attached hydrogen (secondary N) is 1. The molecule has 0 radical (unpaired) electrons. The Balaban J connectivity index is 2.96. The van der Waals surface area contributed by atoms with Crippen LogP contribution in [-0.4, -0.2) is 30.6 Å². The molecule has 7 nitrogen and oxygen atoms in total. The van der Waals surface area contributed by atoms with Gasteiger partial charge >= 0.3 is 0 Å². The Morgan fingerprint density at radius 1 is 1.38 bits per heavy atom. The number of nitro benzene ring substituents is 1. The van der Waals surface area contributed by atoms with Crippen LogP contribution in [0, 0.1) is 16.0 Å². The Morgan fingerprint density at radius 3 is 2.48 bits per heavy atom. The van der Waals surface area contributed by atoms with Crippen LogP contribution in [0.3, 0.4) is 0 Å². The van der Waals surface area contributed by atoms with E-state index in [9.17, 15) is 23.6 Å². The molecule has 0 aliphatic carbocycles. The minimum absolute atomic E-state index is 0.190. The van der Waals surface area contributed by atoms with Crippen molar-refractivity contribution in [2.24, 2.45) is 5.92 Å². The number of sulfonamides is 1. The fraction of sp³-hybridized carbons (Fsp3) is 0.538. The van der Waals surface area contributed by atoms with Crippen molar-refractivity contribution in [3.05, 3.63) is 34.4 Å². The maximum Gasteiger partial charge on any atom is 0.289 e. The quantitative estimate of drug-likeness (QED) is 0.587. The van der Waals surface area contributed by atoms with E-state index in [1.54, 1.807) is 0 Å². The first-order chi connectivity index (χ1) is 9.55. The second-order valence-corrected chi connectivity index (χ2v) is 7.38. The highest BCUT2D eigenvalue weighted by Crippen LogP contribution is 2.23. The van der Waals surface area contributed by atoms with Crippen molar-refractivity contribution < 1.29 is 18.4 Å². The molecule has 0 aliphatic heterocycles. The fourth-order valence-corrected chi connectivity index (χ4v) is 3.45. The lowest BCUT2D eigenvalue weighted by molar-refractivity contribution is -0.387. The molecule has 118 valence electrons. The lowest BCUT2D eigenvalue weighted by Gasteiger charge is -2.25. The summed E-state index contributed by atoms with van der Waals surface area (Å²) in [5.41, 5.74) is -1.71. The number of para-hydroxylation sites is 1. The normalized spacial score (nSPS) is 14.9. The molecule has 0 saturated carbocycles. The van der Waals surface area contributed by atoms with Crippen LogP contribution in [0.5, 0.6) is 0 Å². The first kappa shape index (κ1) is 17.5. The van der Waals surface area contributed by atoms with Crippen molar-refractivity contribution in [3.63, 3.8) is 0 Å². The molecule has 0 heterocycles. The molecule has 1 rings (SSSR count). The summed E-state index contributed by atoms with van der Waals surface area (Å²) in [5.74, 6) is 0.190. The van der Waals surface area contributed by atoms with Crippen molar-refractivity contribution in [2.75, 3.05) is 6.54 Å². The Kier molecular flexibility index (Phi) is 5.43. The second kappa shape index (κ2) is 6.50. The Morgan fingerprint density at radius 2 is 1.95 bits per heavy atom. The number of hydrogen-bond acceptors (Lipinski definition) is 5. The molecule has 0 spiro atoms. The molecular formula is C13H20N2O5S. The highest BCUT2D eigenvalue weighted by Gasteiger charge is 2.29. The topological polar surface area (TPSA) is 110 Å². The molecule has 1 unspecified atom stereocenters. The minimum atomic E-state index is -4.06. The summed E-state index contributed by atoms with van der Waals surface area (Å²) in [4.78, 5) is 9.72. The predicted molar refractivity (Wildman–Crippen MR) is 78.4 cm³/mol. The number of aliphatic hydroxyl groups is 1. The third-order valence-electron chi connectivity index (χ3n) is 2.84. The van der Waals surface area contributed by atoms with Gasteiger partial charge in [-0.05, 0) is 25.3 Å². The van der Waals surface area contributed by atoms with Gasteiger partial charge in [0.05, 0.1) is 10.5 Å². The SMILES string of the molecule is CC(C)CC(C)(O)CNS(=O)(=O)c1ccccc1[N+](=O)[O-]. The Labute approximate surface area is 124 Å². The van der Waals surface area contributed by atoms with Crippen LogP contribution in [-0.2, 0) is 10.0 Å². The molecule has 21 heavy (non-hydrogen) atoms. The minimum Gasteiger partial charge on any atom is -0.389 e. The van der Waals surface area contributed by atoms with Crippen molar-refractivity contribution in [2.45, 2.75) is 37.7 Å². The molecular weight excluding hydrogens is 296 g/mol. The van der Waals surface area contributed by atoms with E-state index in [0.29, 0.717) is 6.42 Å². The monoisotopic (exact) mass is 316 g/mol. The van der Waals surface area contributed by atoms with Gasteiger partial charge in [0.25, 0.3) is 5.69 Å². The van der Waals surface area contributed by atoms with Gasteiger partial charge < -0.3 is 5.11 Å². The largest absolute Gasteiger partial charge is 0.389 e. The maximum atomic E-state index is 12.2. The first-order valence-electron chi connectivity index (χ1n) is 6.50. The molecule has 2 N–H and O–H groups in total. The van der Waals surface area contributed by atoms with Gasteiger partial charge in [0.1, 0.15) is 0 Å². The first-order valence-corrected chi connectivity index (χ1v) is 7.99. The smallest absolute Gasteiger partial charge is 0.289 e. The number of benzene rings is 1. The Hall–Kier alpha value is -1.51. The summed E-state index contributed by atoms with van der Waals surface area (Å²) in [6.07, 6.45) is 0.409. The third-order valence-corrected chi connectivity index (χ3v) is 4.29. The molecule has 0 aliphatic rings. The number of hydrogen-bond donors (Lipinski definition) is 2. The second-order valence-electron chi connectivity index (χ2n) is 5.64. The highest BCUT2D eigenvalue weighted by atomic mass is 32.2. The van der Waals surface area contributed by atoms with Gasteiger partial charge in [-0.1, -0.05) is 26.0 Å². The maximum absolute atomic E-state index is 12.2. The molecule has 0 fully saturated rings. The van der Waals surface area contributed by atoms with Crippen molar-refractivity contribution >= 4 is 15.7 Å². The van der Waals surface area contributed by atoms with Gasteiger partial charge in [-0.15, -0.1) is 0 Å². The highest BCUT2D eigenvalue weighted by molar-refractivity contribution is 7.89. The zero-order chi connectivity index (χ0) is 16.3. The standard InChI is InChI=1S/C13H20N2O5S/c1-10(2)8-13(3,16)9-14-21(19,20)12-7-5-4-6-11(12)15(17)18/h4-7,10,14,16H,8-9H2,1-3H3. The molecule has 8 heteroatoms. The molecule has 1 atom stereocenters. The van der Waals surface area contributed by atoms with E-state index in [4.69, 9.17) is 0 Å². The van der Waals surface area contributed by atoms with Crippen LogP contribution >= 0.6 is 0 Å². The fourth-order valence-electron chi connectivity index (χ4n) is 2.12. The summed E-state index contributed by atoms with van der Waals surface area (Å²) in [7, 11) is -4.06. The summed E-state index contributed by atoms with van der Waals surface area (Å²) in [5, 5.41) is 21.0. The summed E-state index contributed by atoms with van der Waals surface area (Å²) in [6.45, 7) is 5.13. The average molecular weight is 316 g/mol. The number of nitrogens with zero attached hydrogens (tertiary/aromatic N) is 1. The van der Waals surface area contributed by atoms with E-state index in [2.05, 4.69) is 4.72 Å². The van der Waals surface area contributed by atoms with E-state index in [-0.39, 0.29) is 12.5 Å². The van der Waals surface area contributed by atoms with Gasteiger partial charge in [-0.3, -0.25) is 10.1 Å². The van der Waals surface area contributed by atoms with E-state index in [1.807, 2.05) is 13.8 Å². The van der Waals surface area contributed by atoms with Crippen LogP contribution in [0.2, 0.25) is 0 Å². The van der Waals surface area contributed by atoms with Gasteiger partial charge in [-0.25, -0.2) is 13.1 Å². The van der Waals surface area contributed by atoms with Crippen LogP contribution < -0.4 is 4.72 Å². The van der Waals surface area contributed by atoms with Crippen molar-refractivity contribution in [1.29, 1.82) is 0 Å². The van der Waals surface area contributed by atoms with Gasteiger partial charge in [0.15, 0.2) is 4.90 Å². The van der Waals surface area contributed by atoms with E-state index in [0.717, 1.165) is 12.1 Å². The van der Waals surface area contributed by atoms with Crippen LogP contribution in [0.4, 0.5) is 5.69 Å². The summed E-state index contributed by atoms with van der Waals surface area (Å²) in [6, 6.07) is 5.10. The van der Waals surface area contributed by atoms with Gasteiger partial charge in [-0.2, -0.15) is 0 Å². The molecule has 0 amide bonds. The molecule has 1 aromatic rings. The zero-order valence-corrected chi connectivity index (χ0v) is 13.1. The van der Waals surface area contributed by atoms with Crippen molar-refractivity contribution in [1.82, 2.24) is 4.72 Å². The van der Waals surface area contributed by atoms with Crippen molar-refractivity contribution in [3.8, 4) is 0 Å². The molecule has 0 saturated heterocycles. The third kappa shape index (κ3) is 5.07. The Bertz CT molecular complexity index is 611. The number of rotatable bonds is 7. The zero-order valence-electron chi connectivity index (χ0n) is 12.2. The van der Waals surface area contributed by atoms with Gasteiger partial charge in [0, 0.05) is 12.6 Å². The lowest BCUT2D eigenvalue weighted by atomic mass is 9.95. The van der Waals surface area contributed by atoms with Crippen LogP contribution in [0.15, 0.2) is 29.2 Å². The van der Waals surface area contributed by atoms with Crippen LogP contribution in [0.1, 0.15) is 27.2 Å². The lowest BCUT2D eigenvalue weighted by Crippen LogP contribution is -2.41. The molecule has 1 aromatic carbocycles. The average Bonchev–Trinajstić information content (AvgIpc) is 2.35. The van der Waals surface area contributed by atoms with E-state index < -0.39 is 31.1 Å². The van der Waals surface area contributed by atoms with E-state index in [1.165, 1.54) is 19.1 Å².